The smallest absolute Gasteiger partial charge is 0.191 e. The minimum absolute atomic E-state index is 0.270. The Hall–Kier alpha value is -1.27. The summed E-state index contributed by atoms with van der Waals surface area (Å²) >= 11 is 0. The van der Waals surface area contributed by atoms with E-state index in [-0.39, 0.29) is 6.42 Å². The van der Waals surface area contributed by atoms with E-state index in [4.69, 9.17) is 10.8 Å². The van der Waals surface area contributed by atoms with Crippen molar-refractivity contribution in [2.45, 2.75) is 19.4 Å². The van der Waals surface area contributed by atoms with E-state index in [0.717, 1.165) is 0 Å². The quantitative estimate of drug-likeness (QED) is 0.642. The molecule has 0 amide bonds. The van der Waals surface area contributed by atoms with Crippen LogP contribution in [0.4, 0.5) is 0 Å². The fourth-order valence-electron chi connectivity index (χ4n) is 0.749. The predicted molar refractivity (Wildman–Crippen MR) is 39.6 cm³/mol. The molecule has 0 aliphatic heterocycles. The molecule has 0 radical (unpaired) electrons. The summed E-state index contributed by atoms with van der Waals surface area (Å²) in [4.78, 5) is 3.92. The number of aliphatic hydroxyl groups excluding tert-OH is 1. The van der Waals surface area contributed by atoms with Crippen LogP contribution in [0.2, 0.25) is 0 Å². The van der Waals surface area contributed by atoms with Gasteiger partial charge in [0.15, 0.2) is 5.89 Å². The molecule has 0 fully saturated rings. The van der Waals surface area contributed by atoms with Gasteiger partial charge < -0.3 is 9.52 Å². The van der Waals surface area contributed by atoms with Gasteiger partial charge in [-0.25, -0.2) is 4.98 Å². The molecule has 1 aromatic heterocycles. The molecule has 1 rings (SSSR count). The lowest BCUT2D eigenvalue weighted by atomic mass is 10.2. The second-order valence-electron chi connectivity index (χ2n) is 2.22. The van der Waals surface area contributed by atoms with E-state index in [1.165, 1.54) is 6.26 Å². The van der Waals surface area contributed by atoms with E-state index >= 15 is 0 Å². The SMILES string of the molecule is C#CCC(O)c1coc(C)n1. The maximum absolute atomic E-state index is 9.27. The van der Waals surface area contributed by atoms with Crippen LogP contribution in [0.3, 0.4) is 0 Å². The van der Waals surface area contributed by atoms with Gasteiger partial charge in [0.1, 0.15) is 18.1 Å². The molecule has 58 valence electrons. The Morgan fingerprint density at radius 2 is 2.64 bits per heavy atom. The van der Waals surface area contributed by atoms with E-state index < -0.39 is 6.10 Å². The van der Waals surface area contributed by atoms with Gasteiger partial charge in [0.05, 0.1) is 0 Å². The second kappa shape index (κ2) is 3.22. The van der Waals surface area contributed by atoms with Gasteiger partial charge in [-0.15, -0.1) is 12.3 Å². The summed E-state index contributed by atoms with van der Waals surface area (Å²) in [5.74, 6) is 2.88. The molecular weight excluding hydrogens is 142 g/mol. The minimum Gasteiger partial charge on any atom is -0.449 e. The number of terminal acetylenes is 1. The first-order chi connectivity index (χ1) is 5.24. The van der Waals surface area contributed by atoms with Crippen molar-refractivity contribution in [1.82, 2.24) is 4.98 Å². The first-order valence-corrected chi connectivity index (χ1v) is 3.27. The molecule has 1 heterocycles. The third-order valence-electron chi connectivity index (χ3n) is 1.29. The van der Waals surface area contributed by atoms with Crippen molar-refractivity contribution in [3.05, 3.63) is 17.8 Å². The lowest BCUT2D eigenvalue weighted by molar-refractivity contribution is 0.179. The molecule has 3 nitrogen and oxygen atoms in total. The van der Waals surface area contributed by atoms with Crippen molar-refractivity contribution in [2.24, 2.45) is 0 Å². The van der Waals surface area contributed by atoms with Crippen LogP contribution in [0.15, 0.2) is 10.7 Å². The summed E-state index contributed by atoms with van der Waals surface area (Å²) in [6.07, 6.45) is 5.99. The molecule has 0 bridgehead atoms. The Labute approximate surface area is 65.1 Å². The normalized spacial score (nSPS) is 12.5. The molecule has 1 unspecified atom stereocenters. The summed E-state index contributed by atoms with van der Waals surface area (Å²) in [5, 5.41) is 9.27. The Balaban J connectivity index is 2.70. The highest BCUT2D eigenvalue weighted by molar-refractivity contribution is 5.03. The Morgan fingerprint density at radius 1 is 1.91 bits per heavy atom. The van der Waals surface area contributed by atoms with Gasteiger partial charge in [-0.2, -0.15) is 0 Å². The highest BCUT2D eigenvalue weighted by atomic mass is 16.3. The Morgan fingerprint density at radius 3 is 3.09 bits per heavy atom. The van der Waals surface area contributed by atoms with Gasteiger partial charge >= 0.3 is 0 Å². The highest BCUT2D eigenvalue weighted by Crippen LogP contribution is 2.14. The van der Waals surface area contributed by atoms with Gasteiger partial charge in [0.25, 0.3) is 0 Å². The lowest BCUT2D eigenvalue weighted by Crippen LogP contribution is -1.95. The number of nitrogens with zero attached hydrogens (tertiary/aromatic N) is 1. The van der Waals surface area contributed by atoms with Crippen LogP contribution in [0.25, 0.3) is 0 Å². The molecule has 11 heavy (non-hydrogen) atoms. The van der Waals surface area contributed by atoms with E-state index in [2.05, 4.69) is 10.9 Å². The van der Waals surface area contributed by atoms with Crippen LogP contribution in [0.5, 0.6) is 0 Å². The van der Waals surface area contributed by atoms with Crippen molar-refractivity contribution in [3.63, 3.8) is 0 Å². The number of hydrogen-bond donors (Lipinski definition) is 1. The Bertz CT molecular complexity index is 272. The van der Waals surface area contributed by atoms with Gasteiger partial charge in [-0.1, -0.05) is 0 Å². The number of hydrogen-bond acceptors (Lipinski definition) is 3. The first kappa shape index (κ1) is 7.83. The average molecular weight is 151 g/mol. The zero-order chi connectivity index (χ0) is 8.27. The third-order valence-corrected chi connectivity index (χ3v) is 1.29. The summed E-state index contributed by atoms with van der Waals surface area (Å²) in [6.45, 7) is 1.71. The van der Waals surface area contributed by atoms with Gasteiger partial charge in [0, 0.05) is 13.3 Å². The molecule has 3 heteroatoms. The molecule has 1 atom stereocenters. The molecule has 0 saturated carbocycles. The summed E-state index contributed by atoms with van der Waals surface area (Å²) < 4.78 is 4.89. The number of aromatic nitrogens is 1. The third kappa shape index (κ3) is 1.82. The van der Waals surface area contributed by atoms with E-state index in [1.54, 1.807) is 6.92 Å². The van der Waals surface area contributed by atoms with E-state index in [1.807, 2.05) is 0 Å². The van der Waals surface area contributed by atoms with Crippen LogP contribution in [-0.4, -0.2) is 10.1 Å². The predicted octanol–water partition coefficient (Wildman–Crippen LogP) is 1.04. The van der Waals surface area contributed by atoms with Crippen molar-refractivity contribution in [1.29, 1.82) is 0 Å². The summed E-state index contributed by atoms with van der Waals surface area (Å²) in [5.41, 5.74) is 0.500. The largest absolute Gasteiger partial charge is 0.449 e. The molecule has 1 aromatic rings. The molecule has 0 saturated heterocycles. The lowest BCUT2D eigenvalue weighted by Gasteiger charge is -1.99. The average Bonchev–Trinajstić information content (AvgIpc) is 2.36. The number of aliphatic hydroxyl groups is 1. The first-order valence-electron chi connectivity index (χ1n) is 3.27. The fourth-order valence-corrected chi connectivity index (χ4v) is 0.749. The van der Waals surface area contributed by atoms with Crippen LogP contribution in [0.1, 0.15) is 24.1 Å². The van der Waals surface area contributed by atoms with Crippen LogP contribution in [-0.2, 0) is 0 Å². The van der Waals surface area contributed by atoms with Crippen LogP contribution < -0.4 is 0 Å². The van der Waals surface area contributed by atoms with Gasteiger partial charge in [0.2, 0.25) is 0 Å². The van der Waals surface area contributed by atoms with Gasteiger partial charge in [-0.3, -0.25) is 0 Å². The standard InChI is InChI=1S/C8H9NO2/c1-3-4-8(10)7-5-11-6(2)9-7/h1,5,8,10H,4H2,2H3. The van der Waals surface area contributed by atoms with Crippen LogP contribution in [0, 0.1) is 19.3 Å². The molecule has 1 N–H and O–H groups in total. The number of oxazole rings is 1. The second-order valence-corrected chi connectivity index (χ2v) is 2.22. The summed E-state index contributed by atoms with van der Waals surface area (Å²) in [6, 6.07) is 0. The summed E-state index contributed by atoms with van der Waals surface area (Å²) in [7, 11) is 0. The van der Waals surface area contributed by atoms with Crippen molar-refractivity contribution in [2.75, 3.05) is 0 Å². The molecular formula is C8H9NO2. The topological polar surface area (TPSA) is 46.3 Å². The molecule has 0 spiro atoms. The molecule has 0 aliphatic carbocycles. The fraction of sp³-hybridized carbons (Fsp3) is 0.375. The number of rotatable bonds is 2. The molecule has 0 aromatic carbocycles. The van der Waals surface area contributed by atoms with Crippen molar-refractivity contribution >= 4 is 0 Å². The van der Waals surface area contributed by atoms with Crippen molar-refractivity contribution in [3.8, 4) is 12.3 Å². The Kier molecular flexibility index (Phi) is 2.29. The van der Waals surface area contributed by atoms with Crippen LogP contribution >= 0.6 is 0 Å². The maximum atomic E-state index is 9.27. The number of aryl methyl sites for hydroxylation is 1. The highest BCUT2D eigenvalue weighted by Gasteiger charge is 2.09. The zero-order valence-corrected chi connectivity index (χ0v) is 6.24. The van der Waals surface area contributed by atoms with E-state index in [0.29, 0.717) is 11.6 Å². The van der Waals surface area contributed by atoms with E-state index in [9.17, 15) is 5.11 Å². The van der Waals surface area contributed by atoms with Gasteiger partial charge in [-0.05, 0) is 0 Å². The minimum atomic E-state index is -0.697. The van der Waals surface area contributed by atoms with Crippen molar-refractivity contribution < 1.29 is 9.52 Å². The monoisotopic (exact) mass is 151 g/mol. The zero-order valence-electron chi connectivity index (χ0n) is 6.24. The molecule has 0 aliphatic rings. The maximum Gasteiger partial charge on any atom is 0.191 e.